The van der Waals surface area contributed by atoms with E-state index < -0.39 is 0 Å². The summed E-state index contributed by atoms with van der Waals surface area (Å²) in [5.41, 5.74) is 3.67. The van der Waals surface area contributed by atoms with Crippen molar-refractivity contribution in [3.05, 3.63) is 70.8 Å². The van der Waals surface area contributed by atoms with Crippen LogP contribution < -0.4 is 0 Å². The number of rotatable bonds is 2. The molecule has 0 aliphatic heterocycles. The van der Waals surface area contributed by atoms with Gasteiger partial charge in [-0.05, 0) is 41.8 Å². The summed E-state index contributed by atoms with van der Waals surface area (Å²) in [5, 5.41) is 17.4. The van der Waals surface area contributed by atoms with Crippen molar-refractivity contribution in [2.75, 3.05) is 0 Å². The second-order valence-corrected chi connectivity index (χ2v) is 3.79. The van der Waals surface area contributed by atoms with Crippen LogP contribution in [-0.2, 0) is 6.42 Å². The van der Waals surface area contributed by atoms with Gasteiger partial charge in [0.2, 0.25) is 0 Å². The van der Waals surface area contributed by atoms with Crippen LogP contribution >= 0.6 is 17.0 Å². The zero-order valence-electron chi connectivity index (χ0n) is 9.63. The molecule has 88 valence electrons. The molecule has 0 fully saturated rings. The van der Waals surface area contributed by atoms with E-state index in [-0.39, 0.29) is 17.0 Å². The lowest BCUT2D eigenvalue weighted by molar-refractivity contribution is 1.19. The van der Waals surface area contributed by atoms with Gasteiger partial charge in [0.25, 0.3) is 0 Å². The molecule has 0 saturated heterocycles. The van der Waals surface area contributed by atoms with E-state index in [0.717, 1.165) is 17.5 Å². The molecule has 0 aromatic heterocycles. The fourth-order valence-electron chi connectivity index (χ4n) is 1.63. The Morgan fingerprint density at radius 1 is 0.667 bits per heavy atom. The number of hydrogen-bond acceptors (Lipinski definition) is 2. The minimum Gasteiger partial charge on any atom is -0.192 e. The van der Waals surface area contributed by atoms with Crippen molar-refractivity contribution in [3.63, 3.8) is 0 Å². The average molecular weight is 299 g/mol. The van der Waals surface area contributed by atoms with Crippen LogP contribution in [0.5, 0.6) is 0 Å². The van der Waals surface area contributed by atoms with Gasteiger partial charge in [-0.25, -0.2) is 0 Å². The lowest BCUT2D eigenvalue weighted by Gasteiger charge is -2.02. The SMILES string of the molecule is Br.N#Cc1ccc(Cc2ccc(C#N)cc2)cc1. The summed E-state index contributed by atoms with van der Waals surface area (Å²) in [6.45, 7) is 0. The highest BCUT2D eigenvalue weighted by atomic mass is 79.9. The molecule has 0 atom stereocenters. The fourth-order valence-corrected chi connectivity index (χ4v) is 1.63. The smallest absolute Gasteiger partial charge is 0.0991 e. The standard InChI is InChI=1S/C15H10N2.BrH/c16-10-14-5-1-12(2-6-14)9-13-3-7-15(11-17)8-4-13;/h1-8H,9H2;1H. The van der Waals surface area contributed by atoms with Gasteiger partial charge in [-0.2, -0.15) is 10.5 Å². The number of halogens is 1. The third kappa shape index (κ3) is 3.45. The van der Waals surface area contributed by atoms with Crippen molar-refractivity contribution in [1.29, 1.82) is 10.5 Å². The van der Waals surface area contributed by atoms with Crippen molar-refractivity contribution < 1.29 is 0 Å². The molecular weight excluding hydrogens is 288 g/mol. The molecule has 2 aromatic rings. The third-order valence-electron chi connectivity index (χ3n) is 2.57. The Kier molecular flexibility index (Phi) is 5.11. The van der Waals surface area contributed by atoms with Crippen molar-refractivity contribution >= 4 is 17.0 Å². The van der Waals surface area contributed by atoms with Crippen LogP contribution in [0, 0.1) is 22.7 Å². The maximum absolute atomic E-state index is 8.70. The van der Waals surface area contributed by atoms with Crippen LogP contribution in [0.4, 0.5) is 0 Å². The number of nitriles is 2. The number of benzene rings is 2. The van der Waals surface area contributed by atoms with E-state index in [2.05, 4.69) is 12.1 Å². The van der Waals surface area contributed by atoms with Crippen LogP contribution in [0.1, 0.15) is 22.3 Å². The summed E-state index contributed by atoms with van der Waals surface area (Å²) >= 11 is 0. The highest BCUT2D eigenvalue weighted by Crippen LogP contribution is 2.11. The van der Waals surface area contributed by atoms with E-state index in [4.69, 9.17) is 10.5 Å². The van der Waals surface area contributed by atoms with Gasteiger partial charge in [-0.15, -0.1) is 17.0 Å². The quantitative estimate of drug-likeness (QED) is 0.850. The Bertz CT molecular complexity index is 531. The highest BCUT2D eigenvalue weighted by Gasteiger charge is 1.97. The molecular formula is C15H11BrN2. The van der Waals surface area contributed by atoms with Crippen molar-refractivity contribution in [1.82, 2.24) is 0 Å². The third-order valence-corrected chi connectivity index (χ3v) is 2.57. The largest absolute Gasteiger partial charge is 0.192 e. The Hall–Kier alpha value is -2.10. The van der Waals surface area contributed by atoms with Gasteiger partial charge in [0.05, 0.1) is 23.3 Å². The summed E-state index contributed by atoms with van der Waals surface area (Å²) in [4.78, 5) is 0. The first-order valence-corrected chi connectivity index (χ1v) is 5.30. The van der Waals surface area contributed by atoms with Gasteiger partial charge in [-0.3, -0.25) is 0 Å². The molecule has 3 heteroatoms. The van der Waals surface area contributed by atoms with Crippen LogP contribution in [0.3, 0.4) is 0 Å². The Morgan fingerprint density at radius 3 is 1.28 bits per heavy atom. The maximum Gasteiger partial charge on any atom is 0.0991 e. The molecule has 0 N–H and O–H groups in total. The summed E-state index contributed by atoms with van der Waals surface area (Å²) in [7, 11) is 0. The highest BCUT2D eigenvalue weighted by molar-refractivity contribution is 8.93. The molecule has 0 radical (unpaired) electrons. The number of nitrogens with zero attached hydrogens (tertiary/aromatic N) is 2. The molecule has 2 nitrogen and oxygen atoms in total. The summed E-state index contributed by atoms with van der Waals surface area (Å²) in [6.07, 6.45) is 0.817. The van der Waals surface area contributed by atoms with Gasteiger partial charge in [0, 0.05) is 0 Å². The van der Waals surface area contributed by atoms with Gasteiger partial charge < -0.3 is 0 Å². The lowest BCUT2D eigenvalue weighted by atomic mass is 10.0. The average Bonchev–Trinajstić information content (AvgIpc) is 2.40. The van der Waals surface area contributed by atoms with Crippen LogP contribution in [0.25, 0.3) is 0 Å². The summed E-state index contributed by atoms with van der Waals surface area (Å²) < 4.78 is 0. The molecule has 0 unspecified atom stereocenters. The van der Waals surface area contributed by atoms with Crippen molar-refractivity contribution in [2.45, 2.75) is 6.42 Å². The predicted octanol–water partition coefficient (Wildman–Crippen LogP) is 3.60. The van der Waals surface area contributed by atoms with E-state index >= 15 is 0 Å². The van der Waals surface area contributed by atoms with Crippen LogP contribution in [-0.4, -0.2) is 0 Å². The molecule has 2 rings (SSSR count). The first kappa shape index (κ1) is 14.0. The van der Waals surface area contributed by atoms with Crippen LogP contribution in [0.15, 0.2) is 48.5 Å². The topological polar surface area (TPSA) is 47.6 Å². The van der Waals surface area contributed by atoms with Gasteiger partial charge in [-0.1, -0.05) is 24.3 Å². The zero-order valence-corrected chi connectivity index (χ0v) is 11.3. The first-order chi connectivity index (χ1) is 8.31. The zero-order chi connectivity index (χ0) is 12.1. The summed E-state index contributed by atoms with van der Waals surface area (Å²) in [6, 6.07) is 19.3. The molecule has 18 heavy (non-hydrogen) atoms. The molecule has 0 spiro atoms. The number of hydrogen-bond donors (Lipinski definition) is 0. The summed E-state index contributed by atoms with van der Waals surface area (Å²) in [5.74, 6) is 0. The second kappa shape index (κ2) is 6.59. The normalized spacial score (nSPS) is 8.78. The molecule has 0 aliphatic rings. The Morgan fingerprint density at radius 2 is 1.00 bits per heavy atom. The molecule has 0 aliphatic carbocycles. The van der Waals surface area contributed by atoms with E-state index in [0.29, 0.717) is 11.1 Å². The lowest BCUT2D eigenvalue weighted by Crippen LogP contribution is -1.88. The van der Waals surface area contributed by atoms with E-state index in [9.17, 15) is 0 Å². The van der Waals surface area contributed by atoms with Crippen LogP contribution in [0.2, 0.25) is 0 Å². The molecule has 0 bridgehead atoms. The minimum absolute atomic E-state index is 0. The van der Waals surface area contributed by atoms with Crippen molar-refractivity contribution in [2.24, 2.45) is 0 Å². The molecule has 0 amide bonds. The van der Waals surface area contributed by atoms with E-state index in [1.807, 2.05) is 48.5 Å². The van der Waals surface area contributed by atoms with E-state index in [1.165, 1.54) is 0 Å². The van der Waals surface area contributed by atoms with Gasteiger partial charge in [0.15, 0.2) is 0 Å². The molecule has 0 heterocycles. The van der Waals surface area contributed by atoms with Crippen molar-refractivity contribution in [3.8, 4) is 12.1 Å². The minimum atomic E-state index is 0. The maximum atomic E-state index is 8.70. The Balaban J connectivity index is 0.00000162. The first-order valence-electron chi connectivity index (χ1n) is 5.30. The monoisotopic (exact) mass is 298 g/mol. The van der Waals surface area contributed by atoms with Gasteiger partial charge >= 0.3 is 0 Å². The molecule has 0 saturated carbocycles. The Labute approximate surface area is 117 Å². The predicted molar refractivity (Wildman–Crippen MR) is 75.4 cm³/mol. The second-order valence-electron chi connectivity index (χ2n) is 3.79. The van der Waals surface area contributed by atoms with E-state index in [1.54, 1.807) is 0 Å². The fraction of sp³-hybridized carbons (Fsp3) is 0.0667. The van der Waals surface area contributed by atoms with Gasteiger partial charge in [0.1, 0.15) is 0 Å². The molecule has 2 aromatic carbocycles.